The van der Waals surface area contributed by atoms with Crippen LogP contribution in [0.25, 0.3) is 6.08 Å². The van der Waals surface area contributed by atoms with E-state index < -0.39 is 16.9 Å². The lowest BCUT2D eigenvalue weighted by atomic mass is 10.1. The van der Waals surface area contributed by atoms with E-state index in [1.165, 1.54) is 25.3 Å². The van der Waals surface area contributed by atoms with Crippen LogP contribution in [0.3, 0.4) is 0 Å². The lowest BCUT2D eigenvalue weighted by Crippen LogP contribution is -2.22. The van der Waals surface area contributed by atoms with E-state index in [1.807, 2.05) is 35.6 Å². The maximum absolute atomic E-state index is 11.7. The molecule has 0 aromatic heterocycles. The highest BCUT2D eigenvalue weighted by molar-refractivity contribution is 6.14. The molecule has 9 heteroatoms. The van der Waals surface area contributed by atoms with Crippen LogP contribution in [0.15, 0.2) is 48.2 Å². The predicted molar refractivity (Wildman–Crippen MR) is 95.1 cm³/mol. The van der Waals surface area contributed by atoms with Crippen molar-refractivity contribution in [2.75, 3.05) is 7.11 Å². The minimum Gasteiger partial charge on any atom is -0.493 e. The van der Waals surface area contributed by atoms with Gasteiger partial charge in [0, 0.05) is 0 Å². The molecule has 2 aromatic carbocycles. The van der Waals surface area contributed by atoms with Crippen molar-refractivity contribution in [3.8, 4) is 11.5 Å². The van der Waals surface area contributed by atoms with E-state index in [2.05, 4.69) is 5.32 Å². The first-order valence-corrected chi connectivity index (χ1v) is 7.85. The molecule has 0 atom stereocenters. The Morgan fingerprint density at radius 1 is 1.11 bits per heavy atom. The summed E-state index contributed by atoms with van der Waals surface area (Å²) < 4.78 is 10.9. The Bertz CT molecular complexity index is 940. The molecule has 0 spiro atoms. The summed E-state index contributed by atoms with van der Waals surface area (Å²) in [5.41, 5.74) is 0.596. The predicted octanol–water partition coefficient (Wildman–Crippen LogP) is 2.36. The van der Waals surface area contributed by atoms with Gasteiger partial charge in [-0.25, -0.2) is 4.79 Å². The Hall–Kier alpha value is -3.88. The number of nitrogens with zero attached hydrogens (tertiary/aromatic N) is 1. The third-order valence-electron chi connectivity index (χ3n) is 3.77. The lowest BCUT2D eigenvalue weighted by Gasteiger charge is -2.12. The highest BCUT2D eigenvalue weighted by Gasteiger charge is 2.25. The first-order valence-electron chi connectivity index (χ1n) is 7.85. The van der Waals surface area contributed by atoms with Gasteiger partial charge in [0.05, 0.1) is 23.7 Å². The molecule has 0 unspecified atom stereocenters. The molecule has 3 rings (SSSR count). The smallest absolute Gasteiger partial charge is 0.326 e. The van der Waals surface area contributed by atoms with Crippen LogP contribution in [-0.4, -0.2) is 24.0 Å². The highest BCUT2D eigenvalue weighted by atomic mass is 16.6. The fraction of sp³-hybridized carbons (Fsp3) is 0.111. The zero-order valence-electron chi connectivity index (χ0n) is 14.2. The largest absolute Gasteiger partial charge is 0.493 e. The number of imide groups is 1. The second-order valence-electron chi connectivity index (χ2n) is 5.56. The molecule has 2 N–H and O–H groups in total. The van der Waals surface area contributed by atoms with Crippen molar-refractivity contribution in [3.05, 3.63) is 69.4 Å². The Balaban J connectivity index is 1.95. The number of methoxy groups -OCH3 is 1. The van der Waals surface area contributed by atoms with Gasteiger partial charge in [-0.05, 0) is 17.7 Å². The van der Waals surface area contributed by atoms with Crippen molar-refractivity contribution in [2.24, 2.45) is 0 Å². The fourth-order valence-corrected chi connectivity index (χ4v) is 2.48. The number of ether oxygens (including phenoxy) is 2. The molecular formula is C18H15N3O6. The van der Waals surface area contributed by atoms with Crippen LogP contribution in [0.5, 0.6) is 11.5 Å². The van der Waals surface area contributed by atoms with Crippen molar-refractivity contribution in [3.63, 3.8) is 0 Å². The number of hydrogen-bond acceptors (Lipinski definition) is 6. The molecular weight excluding hydrogens is 354 g/mol. The van der Waals surface area contributed by atoms with Gasteiger partial charge >= 0.3 is 6.03 Å². The number of hydrogen-bond donors (Lipinski definition) is 2. The van der Waals surface area contributed by atoms with E-state index in [0.29, 0.717) is 0 Å². The number of nitro groups is 1. The summed E-state index contributed by atoms with van der Waals surface area (Å²) in [4.78, 5) is 33.7. The van der Waals surface area contributed by atoms with Gasteiger partial charge < -0.3 is 14.8 Å². The van der Waals surface area contributed by atoms with E-state index in [-0.39, 0.29) is 35.1 Å². The summed E-state index contributed by atoms with van der Waals surface area (Å²) in [5, 5.41) is 15.8. The molecule has 9 nitrogen and oxygen atoms in total. The van der Waals surface area contributed by atoms with Crippen molar-refractivity contribution in [2.45, 2.75) is 6.61 Å². The van der Waals surface area contributed by atoms with Gasteiger partial charge in [0.25, 0.3) is 11.6 Å². The topological polar surface area (TPSA) is 120 Å². The standard InChI is InChI=1S/C18H15N3O6/c1-26-15-8-12(7-13-17(22)20-18(23)19-13)14(21(24)25)9-16(15)27-10-11-5-3-2-4-6-11/h2-9H,10H2,1H3,(H2,19,20,22,23). The van der Waals surface area contributed by atoms with E-state index in [9.17, 15) is 19.7 Å². The van der Waals surface area contributed by atoms with Crippen LogP contribution < -0.4 is 20.1 Å². The molecule has 2 aromatic rings. The van der Waals surface area contributed by atoms with Crippen LogP contribution in [0.2, 0.25) is 0 Å². The number of carbonyl (C=O) groups excluding carboxylic acids is 2. The monoisotopic (exact) mass is 369 g/mol. The van der Waals surface area contributed by atoms with Gasteiger partial charge in [0.15, 0.2) is 11.5 Å². The van der Waals surface area contributed by atoms with Crippen LogP contribution in [0.1, 0.15) is 11.1 Å². The van der Waals surface area contributed by atoms with Gasteiger partial charge in [-0.1, -0.05) is 30.3 Å². The van der Waals surface area contributed by atoms with Crippen LogP contribution in [0.4, 0.5) is 10.5 Å². The van der Waals surface area contributed by atoms with E-state index in [1.54, 1.807) is 0 Å². The Labute approximate surface area is 153 Å². The summed E-state index contributed by atoms with van der Waals surface area (Å²) in [6.45, 7) is 0.202. The molecule has 0 aliphatic carbocycles. The highest BCUT2D eigenvalue weighted by Crippen LogP contribution is 2.36. The quantitative estimate of drug-likeness (QED) is 0.349. The molecule has 1 saturated heterocycles. The van der Waals surface area contributed by atoms with Gasteiger partial charge in [-0.2, -0.15) is 0 Å². The zero-order valence-corrected chi connectivity index (χ0v) is 14.2. The minimum atomic E-state index is -0.691. The molecule has 138 valence electrons. The third-order valence-corrected chi connectivity index (χ3v) is 3.77. The Morgan fingerprint density at radius 3 is 2.44 bits per heavy atom. The average Bonchev–Trinajstić information content (AvgIpc) is 2.97. The van der Waals surface area contributed by atoms with Crippen LogP contribution in [0, 0.1) is 10.1 Å². The SMILES string of the molecule is COc1cc(C=C2NC(=O)NC2=O)c([N+](=O)[O-])cc1OCc1ccccc1. The molecule has 0 bridgehead atoms. The third kappa shape index (κ3) is 4.03. The number of nitrogens with one attached hydrogen (secondary N) is 2. The normalized spacial score (nSPS) is 14.6. The number of amides is 3. The molecule has 0 saturated carbocycles. The molecule has 1 heterocycles. The van der Waals surface area contributed by atoms with Crippen molar-refractivity contribution in [1.82, 2.24) is 10.6 Å². The molecule has 27 heavy (non-hydrogen) atoms. The second kappa shape index (κ2) is 7.56. The van der Waals surface area contributed by atoms with Crippen molar-refractivity contribution < 1.29 is 24.0 Å². The second-order valence-corrected chi connectivity index (χ2v) is 5.56. The fourth-order valence-electron chi connectivity index (χ4n) is 2.48. The maximum atomic E-state index is 11.7. The summed E-state index contributed by atoms with van der Waals surface area (Å²) in [6, 6.07) is 11.2. The Kier molecular flexibility index (Phi) is 5.02. The molecule has 1 fully saturated rings. The average molecular weight is 369 g/mol. The number of benzene rings is 2. The number of urea groups is 1. The molecule has 1 aliphatic heterocycles. The van der Waals surface area contributed by atoms with Crippen LogP contribution >= 0.6 is 0 Å². The minimum absolute atomic E-state index is 0.0938. The van der Waals surface area contributed by atoms with Gasteiger partial charge in [0.2, 0.25) is 0 Å². The summed E-state index contributed by atoms with van der Waals surface area (Å²) in [6.07, 6.45) is 1.21. The molecule has 3 amide bonds. The molecule has 0 radical (unpaired) electrons. The van der Waals surface area contributed by atoms with E-state index in [4.69, 9.17) is 9.47 Å². The maximum Gasteiger partial charge on any atom is 0.326 e. The van der Waals surface area contributed by atoms with Gasteiger partial charge in [-0.15, -0.1) is 0 Å². The summed E-state index contributed by atoms with van der Waals surface area (Å²) >= 11 is 0. The van der Waals surface area contributed by atoms with Crippen molar-refractivity contribution >= 4 is 23.7 Å². The van der Waals surface area contributed by atoms with Crippen LogP contribution in [-0.2, 0) is 11.4 Å². The first-order chi connectivity index (χ1) is 13.0. The first kappa shape index (κ1) is 17.9. The number of rotatable bonds is 6. The summed E-state index contributed by atoms with van der Waals surface area (Å²) in [7, 11) is 1.40. The lowest BCUT2D eigenvalue weighted by molar-refractivity contribution is -0.385. The van der Waals surface area contributed by atoms with Gasteiger partial charge in [-0.3, -0.25) is 20.2 Å². The number of nitro benzene ring substituents is 1. The number of carbonyl (C=O) groups is 2. The van der Waals surface area contributed by atoms with E-state index >= 15 is 0 Å². The molecule has 1 aliphatic rings. The summed E-state index contributed by atoms with van der Waals surface area (Å²) in [5.74, 6) is -0.221. The zero-order chi connectivity index (χ0) is 19.4. The van der Waals surface area contributed by atoms with Gasteiger partial charge in [0.1, 0.15) is 12.3 Å². The Morgan fingerprint density at radius 2 is 1.85 bits per heavy atom. The van der Waals surface area contributed by atoms with E-state index in [0.717, 1.165) is 5.56 Å². The van der Waals surface area contributed by atoms with Crippen molar-refractivity contribution in [1.29, 1.82) is 0 Å².